The molecule has 1 unspecified atom stereocenters. The number of carbonyl (C=O) groups is 3. The van der Waals surface area contributed by atoms with Crippen molar-refractivity contribution in [2.24, 2.45) is 5.92 Å². The Morgan fingerprint density at radius 2 is 1.86 bits per heavy atom. The summed E-state index contributed by atoms with van der Waals surface area (Å²) in [6, 6.07) is 7.50. The maximum absolute atomic E-state index is 14.1. The molecule has 2 aromatic carbocycles. The summed E-state index contributed by atoms with van der Waals surface area (Å²) in [5.41, 5.74) is 6.13. The van der Waals surface area contributed by atoms with E-state index < -0.39 is 60.6 Å². The third-order valence-corrected chi connectivity index (χ3v) is 7.00. The van der Waals surface area contributed by atoms with Crippen LogP contribution in [0, 0.1) is 11.7 Å². The fourth-order valence-electron chi connectivity index (χ4n) is 5.14. The van der Waals surface area contributed by atoms with Gasteiger partial charge in [0.15, 0.2) is 0 Å². The lowest BCUT2D eigenvalue weighted by Crippen LogP contribution is -2.53. The zero-order valence-electron chi connectivity index (χ0n) is 19.1. The van der Waals surface area contributed by atoms with Crippen molar-refractivity contribution >= 4 is 23.6 Å². The molecule has 1 saturated heterocycles. The van der Waals surface area contributed by atoms with Gasteiger partial charge in [0.25, 0.3) is 5.91 Å². The van der Waals surface area contributed by atoms with E-state index in [1.165, 1.54) is 12.1 Å². The van der Waals surface area contributed by atoms with Crippen LogP contribution in [0.2, 0.25) is 0 Å². The molecular formula is C25H23F4N3O4. The monoisotopic (exact) mass is 505 g/mol. The minimum absolute atomic E-state index is 0.146. The van der Waals surface area contributed by atoms with Crippen molar-refractivity contribution in [2.45, 2.75) is 50.0 Å². The van der Waals surface area contributed by atoms with E-state index in [1.807, 2.05) is 0 Å². The number of halogens is 4. The van der Waals surface area contributed by atoms with Crippen molar-refractivity contribution in [3.8, 4) is 0 Å². The van der Waals surface area contributed by atoms with E-state index in [4.69, 9.17) is 10.5 Å². The molecule has 36 heavy (non-hydrogen) atoms. The van der Waals surface area contributed by atoms with E-state index in [0.29, 0.717) is 40.3 Å². The topological polar surface area (TPSA) is 92.9 Å². The van der Waals surface area contributed by atoms with Crippen molar-refractivity contribution in [1.29, 1.82) is 0 Å². The summed E-state index contributed by atoms with van der Waals surface area (Å²) in [4.78, 5) is 40.6. The summed E-state index contributed by atoms with van der Waals surface area (Å²) >= 11 is 0. The number of carbonyl (C=O) groups excluding carboxylic acids is 3. The second kappa shape index (κ2) is 8.49. The van der Waals surface area contributed by atoms with Crippen molar-refractivity contribution in [3.05, 3.63) is 65.0 Å². The van der Waals surface area contributed by atoms with Crippen molar-refractivity contribution in [3.63, 3.8) is 0 Å². The number of nitrogen functional groups attached to an aromatic ring is 1. The van der Waals surface area contributed by atoms with E-state index in [2.05, 4.69) is 0 Å². The molecule has 0 bridgehead atoms. The van der Waals surface area contributed by atoms with Crippen LogP contribution in [0.25, 0.3) is 0 Å². The fourth-order valence-corrected chi connectivity index (χ4v) is 5.14. The molecule has 1 heterocycles. The van der Waals surface area contributed by atoms with Crippen LogP contribution in [0.1, 0.15) is 36.0 Å². The highest BCUT2D eigenvalue weighted by molar-refractivity contribution is 6.06. The molecule has 1 saturated carbocycles. The summed E-state index contributed by atoms with van der Waals surface area (Å²) in [5, 5.41) is 0. The Morgan fingerprint density at radius 3 is 2.50 bits per heavy atom. The van der Waals surface area contributed by atoms with Gasteiger partial charge >= 0.3 is 12.3 Å². The predicted molar refractivity (Wildman–Crippen MR) is 119 cm³/mol. The molecular weight excluding hydrogens is 482 g/mol. The number of rotatable bonds is 6. The fraction of sp³-hybridized carbons (Fsp3) is 0.400. The lowest BCUT2D eigenvalue weighted by atomic mass is 9.94. The van der Waals surface area contributed by atoms with Gasteiger partial charge in [-0.2, -0.15) is 13.2 Å². The Balaban J connectivity index is 1.42. The molecule has 5 rings (SSSR count). The number of amides is 3. The van der Waals surface area contributed by atoms with Crippen LogP contribution >= 0.6 is 0 Å². The molecule has 0 radical (unpaired) electrons. The van der Waals surface area contributed by atoms with Crippen molar-refractivity contribution < 1.29 is 36.7 Å². The van der Waals surface area contributed by atoms with E-state index in [0.717, 1.165) is 17.7 Å². The largest absolute Gasteiger partial charge is 0.427 e. The first-order valence-electron chi connectivity index (χ1n) is 11.5. The summed E-state index contributed by atoms with van der Waals surface area (Å²) in [6.45, 7) is -1.35. The number of alkyl halides is 3. The van der Waals surface area contributed by atoms with Gasteiger partial charge in [0.2, 0.25) is 11.5 Å². The van der Waals surface area contributed by atoms with Crippen molar-refractivity contribution in [2.75, 3.05) is 12.3 Å². The van der Waals surface area contributed by atoms with Crippen molar-refractivity contribution in [1.82, 2.24) is 9.80 Å². The highest BCUT2D eigenvalue weighted by Crippen LogP contribution is 2.46. The van der Waals surface area contributed by atoms with Gasteiger partial charge in [0, 0.05) is 24.2 Å². The minimum atomic E-state index is -4.72. The molecule has 11 heteroatoms. The minimum Gasteiger partial charge on any atom is -0.427 e. The van der Waals surface area contributed by atoms with Crippen LogP contribution in [-0.4, -0.2) is 46.5 Å². The number of aryl methyl sites for hydroxylation is 1. The van der Waals surface area contributed by atoms with Crippen LogP contribution in [0.3, 0.4) is 0 Å². The van der Waals surface area contributed by atoms with Crippen LogP contribution in [0.4, 0.5) is 28.0 Å². The highest BCUT2D eigenvalue weighted by Gasteiger charge is 2.59. The molecule has 2 aromatic rings. The number of hydrogen-bond donors (Lipinski definition) is 1. The molecule has 2 fully saturated rings. The quantitative estimate of drug-likeness (QED) is 0.475. The van der Waals surface area contributed by atoms with Gasteiger partial charge in [-0.05, 0) is 60.6 Å². The molecule has 7 nitrogen and oxygen atoms in total. The first-order valence-corrected chi connectivity index (χ1v) is 11.5. The number of imide groups is 1. The average Bonchev–Trinajstić information content (AvgIpc) is 3.53. The number of nitrogens with zero attached hydrogens (tertiary/aromatic N) is 2. The predicted octanol–water partition coefficient (Wildman–Crippen LogP) is 3.90. The second-order valence-corrected chi connectivity index (χ2v) is 9.47. The van der Waals surface area contributed by atoms with Gasteiger partial charge in [-0.15, -0.1) is 0 Å². The Kier molecular flexibility index (Phi) is 5.68. The Hall–Kier alpha value is -3.63. The maximum atomic E-state index is 14.1. The number of nitrogens with two attached hydrogens (primary N) is 1. The molecule has 190 valence electrons. The van der Waals surface area contributed by atoms with Gasteiger partial charge in [-0.1, -0.05) is 18.2 Å². The van der Waals surface area contributed by atoms with Gasteiger partial charge in [-0.25, -0.2) is 14.1 Å². The summed E-state index contributed by atoms with van der Waals surface area (Å²) in [5.74, 6) is -3.19. The molecule has 1 aliphatic heterocycles. The highest BCUT2D eigenvalue weighted by atomic mass is 19.4. The summed E-state index contributed by atoms with van der Waals surface area (Å²) < 4.78 is 61.0. The summed E-state index contributed by atoms with van der Waals surface area (Å²) in [6.07, 6.45) is -4.66. The number of benzene rings is 2. The SMILES string of the molecule is Nc1ccc2c(c1)CCC21OC(=O)N(CC(=O)N(Cc2ccc(F)cc2)[C@H](C2CC2)C(F)(F)F)C1=O. The Bertz CT molecular complexity index is 1230. The van der Waals surface area contributed by atoms with Crippen LogP contribution in [0.5, 0.6) is 0 Å². The molecule has 0 aromatic heterocycles. The van der Waals surface area contributed by atoms with E-state index >= 15 is 0 Å². The zero-order valence-corrected chi connectivity index (χ0v) is 19.1. The number of fused-ring (bicyclic) bond motifs is 2. The van der Waals surface area contributed by atoms with Crippen LogP contribution < -0.4 is 5.73 Å². The first-order chi connectivity index (χ1) is 17.0. The van der Waals surface area contributed by atoms with Gasteiger partial charge in [0.1, 0.15) is 18.4 Å². The third kappa shape index (κ3) is 4.16. The average molecular weight is 505 g/mol. The number of ether oxygens (including phenoxy) is 1. The van der Waals surface area contributed by atoms with Gasteiger partial charge in [-0.3, -0.25) is 9.59 Å². The molecule has 2 aliphatic carbocycles. The standard InChI is InChI=1S/C25H23F4N3O4/c26-17-5-1-14(2-6-17)12-31(21(15-3-4-15)25(27,28)29)20(33)13-32-22(34)24(36-23(32)35)10-9-16-11-18(30)7-8-19(16)24/h1-2,5-8,11,15,21H,3-4,9-10,12-13,30H2/t21-,24?/m1/s1. The second-order valence-electron chi connectivity index (χ2n) is 9.47. The van der Waals surface area contributed by atoms with E-state index in [9.17, 15) is 31.9 Å². The lowest BCUT2D eigenvalue weighted by molar-refractivity contribution is -0.196. The third-order valence-electron chi connectivity index (χ3n) is 7.00. The zero-order chi connectivity index (χ0) is 25.8. The molecule has 3 aliphatic rings. The summed E-state index contributed by atoms with van der Waals surface area (Å²) in [7, 11) is 0. The molecule has 3 amide bonds. The Labute approximate surface area is 203 Å². The van der Waals surface area contributed by atoms with Crippen LogP contribution in [-0.2, 0) is 32.9 Å². The van der Waals surface area contributed by atoms with Gasteiger partial charge < -0.3 is 15.4 Å². The number of hydrogen-bond acceptors (Lipinski definition) is 5. The van der Waals surface area contributed by atoms with E-state index in [-0.39, 0.29) is 12.0 Å². The normalized spacial score (nSPS) is 22.1. The Morgan fingerprint density at radius 1 is 1.17 bits per heavy atom. The molecule has 2 N–H and O–H groups in total. The smallest absolute Gasteiger partial charge is 0.418 e. The first kappa shape index (κ1) is 24.1. The number of anilines is 1. The molecule has 2 atom stereocenters. The maximum Gasteiger partial charge on any atom is 0.418 e. The van der Waals surface area contributed by atoms with E-state index in [1.54, 1.807) is 18.2 Å². The molecule has 1 spiro atoms. The lowest BCUT2D eigenvalue weighted by Gasteiger charge is -2.34. The van der Waals surface area contributed by atoms with Gasteiger partial charge in [0.05, 0.1) is 0 Å². The van der Waals surface area contributed by atoms with Crippen LogP contribution in [0.15, 0.2) is 42.5 Å².